The quantitative estimate of drug-likeness (QED) is 0.357. The Morgan fingerprint density at radius 1 is 1.11 bits per heavy atom. The van der Waals surface area contributed by atoms with Gasteiger partial charge in [-0.1, -0.05) is 67.6 Å². The minimum Gasteiger partial charge on any atom is -0.360 e. The fraction of sp³-hybridized carbons (Fsp3) is 0.385. The van der Waals surface area contributed by atoms with Gasteiger partial charge in [0.05, 0.1) is 5.01 Å². The van der Waals surface area contributed by atoms with Gasteiger partial charge in [0.25, 0.3) is 11.8 Å². The van der Waals surface area contributed by atoms with Crippen LogP contribution in [0.25, 0.3) is 11.3 Å². The van der Waals surface area contributed by atoms with Crippen molar-refractivity contribution < 1.29 is 14.1 Å². The van der Waals surface area contributed by atoms with Crippen LogP contribution in [0.15, 0.2) is 40.2 Å². The summed E-state index contributed by atoms with van der Waals surface area (Å²) in [5, 5.41) is 19.2. The number of aromatic nitrogens is 4. The van der Waals surface area contributed by atoms with E-state index >= 15 is 0 Å². The zero-order valence-electron chi connectivity index (χ0n) is 21.1. The Bertz CT molecular complexity index is 1410. The highest BCUT2D eigenvalue weighted by Gasteiger charge is 2.31. The van der Waals surface area contributed by atoms with Gasteiger partial charge in [-0.05, 0) is 19.8 Å². The molecule has 0 atom stereocenters. The predicted molar refractivity (Wildman–Crippen MR) is 143 cm³/mol. The molecule has 4 heterocycles. The number of anilines is 1. The summed E-state index contributed by atoms with van der Waals surface area (Å²) in [5.41, 5.74) is 2.20. The van der Waals surface area contributed by atoms with Crippen LogP contribution in [0.1, 0.15) is 76.2 Å². The van der Waals surface area contributed by atoms with E-state index < -0.39 is 0 Å². The van der Waals surface area contributed by atoms with Gasteiger partial charge in [-0.3, -0.25) is 14.9 Å². The first kappa shape index (κ1) is 25.2. The molecular formula is C26H28N6O3S2. The Labute approximate surface area is 222 Å². The molecule has 0 unspecified atom stereocenters. The van der Waals surface area contributed by atoms with Crippen molar-refractivity contribution in [1.29, 1.82) is 0 Å². The predicted octanol–water partition coefficient (Wildman–Crippen LogP) is 5.53. The van der Waals surface area contributed by atoms with Crippen molar-refractivity contribution in [3.63, 3.8) is 0 Å². The molecule has 1 aliphatic heterocycles. The molecule has 1 aliphatic rings. The van der Waals surface area contributed by atoms with E-state index in [0.29, 0.717) is 40.9 Å². The van der Waals surface area contributed by atoms with Gasteiger partial charge in [-0.25, -0.2) is 4.98 Å². The number of nitrogens with one attached hydrogen (secondary N) is 1. The third-order valence-corrected chi connectivity index (χ3v) is 8.57. The molecule has 0 aliphatic carbocycles. The maximum atomic E-state index is 13.4. The topological polar surface area (TPSA) is 114 Å². The standard InChI is InChI=1S/C26H28N6O3S2/c1-15-19(20(31-35-15)16-8-6-5-7-9-16)23(34)32-12-10-17(11-13-32)22-27-18(14-36-22)21(33)28-25-30-29-24(37-25)26(2,3)4/h5-9,14,17H,10-13H2,1-4H3,(H,28,30,33). The minimum atomic E-state index is -0.289. The minimum absolute atomic E-state index is 0.0676. The second-order valence-electron chi connectivity index (χ2n) is 10.1. The number of nitrogens with zero attached hydrogens (tertiary/aromatic N) is 5. The number of hydrogen-bond donors (Lipinski definition) is 1. The van der Waals surface area contributed by atoms with Gasteiger partial charge >= 0.3 is 0 Å². The van der Waals surface area contributed by atoms with Gasteiger partial charge in [-0.15, -0.1) is 21.5 Å². The SMILES string of the molecule is Cc1onc(-c2ccccc2)c1C(=O)N1CCC(c2nc(C(=O)Nc3nnc(C(C)(C)C)s3)cs2)CC1. The highest BCUT2D eigenvalue weighted by molar-refractivity contribution is 7.15. The third-order valence-electron chi connectivity index (χ3n) is 6.30. The third kappa shape index (κ3) is 5.33. The number of amides is 2. The molecule has 1 fully saturated rings. The Kier molecular flexibility index (Phi) is 6.91. The van der Waals surface area contributed by atoms with Crippen LogP contribution < -0.4 is 5.32 Å². The molecule has 9 nitrogen and oxygen atoms in total. The van der Waals surface area contributed by atoms with Gasteiger partial charge in [0, 0.05) is 35.4 Å². The molecule has 0 saturated carbocycles. The van der Waals surface area contributed by atoms with Crippen molar-refractivity contribution in [2.24, 2.45) is 0 Å². The Hall–Kier alpha value is -3.44. The lowest BCUT2D eigenvalue weighted by Gasteiger charge is -2.31. The second-order valence-corrected chi connectivity index (χ2v) is 11.9. The molecule has 1 N–H and O–H groups in total. The molecule has 37 heavy (non-hydrogen) atoms. The van der Waals surface area contributed by atoms with E-state index in [1.54, 1.807) is 12.3 Å². The van der Waals surface area contributed by atoms with E-state index in [4.69, 9.17) is 4.52 Å². The molecule has 192 valence electrons. The van der Waals surface area contributed by atoms with Crippen molar-refractivity contribution in [1.82, 2.24) is 25.2 Å². The Morgan fingerprint density at radius 3 is 2.51 bits per heavy atom. The van der Waals surface area contributed by atoms with Crippen LogP contribution in [0.5, 0.6) is 0 Å². The molecule has 1 aromatic carbocycles. The smallest absolute Gasteiger partial charge is 0.276 e. The van der Waals surface area contributed by atoms with E-state index in [1.807, 2.05) is 35.2 Å². The van der Waals surface area contributed by atoms with Crippen LogP contribution >= 0.6 is 22.7 Å². The van der Waals surface area contributed by atoms with Crippen LogP contribution in [0.2, 0.25) is 0 Å². The molecule has 11 heteroatoms. The summed E-state index contributed by atoms with van der Waals surface area (Å²) >= 11 is 2.85. The van der Waals surface area contributed by atoms with Gasteiger partial charge in [0.15, 0.2) is 0 Å². The highest BCUT2D eigenvalue weighted by Crippen LogP contribution is 2.33. The number of rotatable bonds is 5. The monoisotopic (exact) mass is 536 g/mol. The van der Waals surface area contributed by atoms with Crippen LogP contribution in [-0.2, 0) is 5.41 Å². The normalized spacial score (nSPS) is 14.6. The van der Waals surface area contributed by atoms with Crippen LogP contribution in [0, 0.1) is 6.92 Å². The Balaban J connectivity index is 1.21. The molecule has 0 spiro atoms. The average molecular weight is 537 g/mol. The van der Waals surface area contributed by atoms with Gasteiger partial charge in [0.1, 0.15) is 27.7 Å². The number of likely N-dealkylation sites (tertiary alicyclic amines) is 1. The molecule has 0 radical (unpaired) electrons. The summed E-state index contributed by atoms with van der Waals surface area (Å²) < 4.78 is 5.39. The first-order chi connectivity index (χ1) is 17.7. The van der Waals surface area contributed by atoms with E-state index in [0.717, 1.165) is 28.4 Å². The molecule has 3 aromatic heterocycles. The van der Waals surface area contributed by atoms with Crippen molar-refractivity contribution in [3.05, 3.63) is 62.7 Å². The Morgan fingerprint density at radius 2 is 1.84 bits per heavy atom. The summed E-state index contributed by atoms with van der Waals surface area (Å²) in [4.78, 5) is 32.6. The second kappa shape index (κ2) is 10.1. The fourth-order valence-corrected chi connectivity index (χ4v) is 5.99. The first-order valence-electron chi connectivity index (χ1n) is 12.1. The van der Waals surface area contributed by atoms with Gasteiger partial charge in [-0.2, -0.15) is 0 Å². The maximum absolute atomic E-state index is 13.4. The number of carbonyl (C=O) groups excluding carboxylic acids is 2. The van der Waals surface area contributed by atoms with E-state index in [9.17, 15) is 9.59 Å². The number of hydrogen-bond acceptors (Lipinski definition) is 9. The fourth-order valence-electron chi connectivity index (χ4n) is 4.22. The highest BCUT2D eigenvalue weighted by atomic mass is 32.1. The largest absolute Gasteiger partial charge is 0.360 e. The van der Waals surface area contributed by atoms with Gasteiger partial charge < -0.3 is 9.42 Å². The molecule has 1 saturated heterocycles. The summed E-state index contributed by atoms with van der Waals surface area (Å²) in [7, 11) is 0. The summed E-state index contributed by atoms with van der Waals surface area (Å²) in [6.07, 6.45) is 1.55. The summed E-state index contributed by atoms with van der Waals surface area (Å²) in [5.74, 6) is 0.360. The van der Waals surface area contributed by atoms with Crippen LogP contribution in [-0.4, -0.2) is 50.1 Å². The number of aryl methyl sites for hydroxylation is 1. The zero-order chi connectivity index (χ0) is 26.2. The molecule has 4 aromatic rings. The number of benzene rings is 1. The number of piperidine rings is 1. The summed E-state index contributed by atoms with van der Waals surface area (Å²) in [6, 6.07) is 9.60. The molecule has 5 rings (SSSR count). The van der Waals surface area contributed by atoms with Crippen molar-refractivity contribution >= 4 is 39.6 Å². The summed E-state index contributed by atoms with van der Waals surface area (Å²) in [6.45, 7) is 9.14. The van der Waals surface area contributed by atoms with Gasteiger partial charge in [0.2, 0.25) is 5.13 Å². The molecule has 2 amide bonds. The lowest BCUT2D eigenvalue weighted by Crippen LogP contribution is -2.38. The first-order valence-corrected chi connectivity index (χ1v) is 13.8. The maximum Gasteiger partial charge on any atom is 0.276 e. The van der Waals surface area contributed by atoms with Crippen molar-refractivity contribution in [2.45, 2.75) is 51.9 Å². The average Bonchev–Trinajstić information content (AvgIpc) is 3.64. The number of carbonyl (C=O) groups is 2. The molecular weight excluding hydrogens is 508 g/mol. The van der Waals surface area contributed by atoms with E-state index in [2.05, 4.69) is 46.4 Å². The van der Waals surface area contributed by atoms with E-state index in [1.165, 1.54) is 22.7 Å². The lowest BCUT2D eigenvalue weighted by molar-refractivity contribution is 0.0711. The molecule has 0 bridgehead atoms. The lowest BCUT2D eigenvalue weighted by atomic mass is 9.96. The van der Waals surface area contributed by atoms with Crippen LogP contribution in [0.3, 0.4) is 0 Å². The zero-order valence-corrected chi connectivity index (χ0v) is 22.8. The van der Waals surface area contributed by atoms with Crippen molar-refractivity contribution in [3.8, 4) is 11.3 Å². The van der Waals surface area contributed by atoms with E-state index in [-0.39, 0.29) is 23.1 Å². The van der Waals surface area contributed by atoms with Crippen LogP contribution in [0.4, 0.5) is 5.13 Å². The van der Waals surface area contributed by atoms with Crippen molar-refractivity contribution in [2.75, 3.05) is 18.4 Å². The number of thiazole rings is 1.